The zero-order valence-corrected chi connectivity index (χ0v) is 16.0. The topological polar surface area (TPSA) is 66.4 Å². The summed E-state index contributed by atoms with van der Waals surface area (Å²) in [5.41, 5.74) is 0.717. The molecule has 4 atom stereocenters. The molecule has 0 bridgehead atoms. The van der Waals surface area contributed by atoms with Gasteiger partial charge in [0.15, 0.2) is 0 Å². The van der Waals surface area contributed by atoms with Gasteiger partial charge in [-0.05, 0) is 24.3 Å². The number of benzene rings is 2. The third-order valence-electron chi connectivity index (χ3n) is 4.54. The molecule has 6 heteroatoms. The number of halogens is 2. The zero-order valence-electron chi connectivity index (χ0n) is 12.8. The second kappa shape index (κ2) is 7.23. The molecule has 3 rings (SSSR count). The quantitative estimate of drug-likeness (QED) is 0.674. The van der Waals surface area contributed by atoms with Gasteiger partial charge in [-0.2, -0.15) is 0 Å². The molecule has 1 saturated carbocycles. The lowest BCUT2D eigenvalue weighted by molar-refractivity contribution is -0.147. The summed E-state index contributed by atoms with van der Waals surface area (Å²) in [4.78, 5) is 24.5. The van der Waals surface area contributed by atoms with E-state index in [-0.39, 0.29) is 15.6 Å². The third kappa shape index (κ3) is 3.49. The van der Waals surface area contributed by atoms with E-state index in [1.165, 1.54) is 0 Å². The van der Waals surface area contributed by atoms with Crippen molar-refractivity contribution in [1.82, 2.24) is 0 Å². The van der Waals surface area contributed by atoms with Crippen LogP contribution in [0.25, 0.3) is 10.8 Å². The van der Waals surface area contributed by atoms with Gasteiger partial charge in [-0.15, -0.1) is 0 Å². The maximum atomic E-state index is 12.8. The SMILES string of the molecule is O=C(O)[C@H]1C[C@@H](Br)[C@H](Br)C[C@H]1C(=O)Nc1cccc2ccccc12. The minimum Gasteiger partial charge on any atom is -0.481 e. The molecule has 4 nitrogen and oxygen atoms in total. The molecule has 1 amide bonds. The monoisotopic (exact) mass is 453 g/mol. The molecule has 0 aliphatic heterocycles. The van der Waals surface area contributed by atoms with E-state index in [2.05, 4.69) is 37.2 Å². The van der Waals surface area contributed by atoms with Gasteiger partial charge >= 0.3 is 5.97 Å². The summed E-state index contributed by atoms with van der Waals surface area (Å²) in [6.45, 7) is 0. The number of hydrogen-bond donors (Lipinski definition) is 2. The van der Waals surface area contributed by atoms with E-state index in [0.29, 0.717) is 18.5 Å². The number of hydrogen-bond acceptors (Lipinski definition) is 2. The van der Waals surface area contributed by atoms with Crippen LogP contribution < -0.4 is 5.32 Å². The van der Waals surface area contributed by atoms with Gasteiger partial charge in [0.1, 0.15) is 0 Å². The number of carboxylic acid groups (broad SMARTS) is 1. The molecular formula is C18H17Br2NO3. The number of carbonyl (C=O) groups excluding carboxylic acids is 1. The molecule has 24 heavy (non-hydrogen) atoms. The Labute approximate surface area is 156 Å². The Morgan fingerprint density at radius 3 is 2.29 bits per heavy atom. The van der Waals surface area contributed by atoms with E-state index in [9.17, 15) is 14.7 Å². The standard InChI is InChI=1S/C18H17Br2NO3/c19-14-8-12(13(18(23)24)9-15(14)20)17(22)21-16-7-3-5-10-4-1-2-6-11(10)16/h1-7,12-15H,8-9H2,(H,21,22)(H,23,24)/t12-,13+,14-,15-/m1/s1. The van der Waals surface area contributed by atoms with E-state index >= 15 is 0 Å². The van der Waals surface area contributed by atoms with Gasteiger partial charge in [-0.25, -0.2) is 0 Å². The molecule has 2 N–H and O–H groups in total. The van der Waals surface area contributed by atoms with Crippen molar-refractivity contribution in [3.8, 4) is 0 Å². The molecule has 2 aromatic rings. The highest BCUT2D eigenvalue weighted by molar-refractivity contribution is 9.12. The summed E-state index contributed by atoms with van der Waals surface area (Å²) < 4.78 is 0. The Morgan fingerprint density at radius 2 is 1.58 bits per heavy atom. The summed E-state index contributed by atoms with van der Waals surface area (Å²) in [6.07, 6.45) is 0.919. The van der Waals surface area contributed by atoms with Crippen molar-refractivity contribution < 1.29 is 14.7 Å². The van der Waals surface area contributed by atoms with Crippen molar-refractivity contribution in [2.45, 2.75) is 22.5 Å². The number of amides is 1. The van der Waals surface area contributed by atoms with Crippen molar-refractivity contribution >= 4 is 60.2 Å². The van der Waals surface area contributed by atoms with Crippen LogP contribution in [0.4, 0.5) is 5.69 Å². The Hall–Kier alpha value is -1.40. The summed E-state index contributed by atoms with van der Waals surface area (Å²) in [6, 6.07) is 13.5. The number of carbonyl (C=O) groups is 2. The number of nitrogens with one attached hydrogen (secondary N) is 1. The molecule has 126 valence electrons. The smallest absolute Gasteiger partial charge is 0.307 e. The highest BCUT2D eigenvalue weighted by atomic mass is 79.9. The maximum absolute atomic E-state index is 12.8. The van der Waals surface area contributed by atoms with Crippen molar-refractivity contribution in [2.75, 3.05) is 5.32 Å². The lowest BCUT2D eigenvalue weighted by Gasteiger charge is -2.34. The fourth-order valence-electron chi connectivity index (χ4n) is 3.23. The van der Waals surface area contributed by atoms with Gasteiger partial charge in [-0.1, -0.05) is 68.3 Å². The van der Waals surface area contributed by atoms with E-state index in [1.807, 2.05) is 42.5 Å². The molecule has 1 fully saturated rings. The van der Waals surface area contributed by atoms with Crippen LogP contribution in [-0.2, 0) is 9.59 Å². The number of alkyl halides is 2. The van der Waals surface area contributed by atoms with Gasteiger partial charge < -0.3 is 10.4 Å². The normalized spacial score (nSPS) is 26.9. The van der Waals surface area contributed by atoms with Crippen LogP contribution in [0.1, 0.15) is 12.8 Å². The van der Waals surface area contributed by atoms with Gasteiger partial charge in [0.05, 0.1) is 11.8 Å². The fourth-order valence-corrected chi connectivity index (χ4v) is 4.47. The lowest BCUT2D eigenvalue weighted by Crippen LogP contribution is -2.42. The van der Waals surface area contributed by atoms with E-state index < -0.39 is 17.8 Å². The highest BCUT2D eigenvalue weighted by Crippen LogP contribution is 2.38. The number of fused-ring (bicyclic) bond motifs is 1. The second-order valence-electron chi connectivity index (χ2n) is 6.07. The van der Waals surface area contributed by atoms with Gasteiger partial charge in [0.2, 0.25) is 5.91 Å². The molecule has 0 aromatic heterocycles. The molecule has 1 aliphatic carbocycles. The van der Waals surface area contributed by atoms with Crippen LogP contribution >= 0.6 is 31.9 Å². The van der Waals surface area contributed by atoms with Crippen LogP contribution in [0.3, 0.4) is 0 Å². The first-order valence-electron chi connectivity index (χ1n) is 7.77. The Bertz CT molecular complexity index is 774. The average molecular weight is 455 g/mol. The number of carboxylic acids is 1. The highest BCUT2D eigenvalue weighted by Gasteiger charge is 2.42. The maximum Gasteiger partial charge on any atom is 0.307 e. The van der Waals surface area contributed by atoms with Crippen molar-refractivity contribution in [2.24, 2.45) is 11.8 Å². The van der Waals surface area contributed by atoms with Crippen LogP contribution in [0.15, 0.2) is 42.5 Å². The van der Waals surface area contributed by atoms with Crippen molar-refractivity contribution in [3.63, 3.8) is 0 Å². The summed E-state index contributed by atoms with van der Waals surface area (Å²) in [5.74, 6) is -2.39. The van der Waals surface area contributed by atoms with Crippen LogP contribution in [-0.4, -0.2) is 26.6 Å². The van der Waals surface area contributed by atoms with Crippen LogP contribution in [0.5, 0.6) is 0 Å². The minimum atomic E-state index is -0.920. The van der Waals surface area contributed by atoms with Crippen molar-refractivity contribution in [3.05, 3.63) is 42.5 Å². The van der Waals surface area contributed by atoms with E-state index in [4.69, 9.17) is 0 Å². The Morgan fingerprint density at radius 1 is 0.958 bits per heavy atom. The molecule has 0 spiro atoms. The van der Waals surface area contributed by atoms with Gasteiger partial charge in [-0.3, -0.25) is 9.59 Å². The number of rotatable bonds is 3. The molecule has 0 unspecified atom stereocenters. The lowest BCUT2D eigenvalue weighted by atomic mass is 9.78. The third-order valence-corrected chi connectivity index (χ3v) is 7.27. The molecule has 0 saturated heterocycles. The van der Waals surface area contributed by atoms with Crippen LogP contribution in [0.2, 0.25) is 0 Å². The molecule has 0 heterocycles. The second-order valence-corrected chi connectivity index (χ2v) is 8.42. The summed E-state index contributed by atoms with van der Waals surface area (Å²) in [7, 11) is 0. The first-order chi connectivity index (χ1) is 11.5. The molecule has 1 aliphatic rings. The predicted molar refractivity (Wildman–Crippen MR) is 102 cm³/mol. The largest absolute Gasteiger partial charge is 0.481 e. The Balaban J connectivity index is 1.86. The van der Waals surface area contributed by atoms with Gasteiger partial charge in [0, 0.05) is 20.7 Å². The summed E-state index contributed by atoms with van der Waals surface area (Å²) >= 11 is 7.04. The molecular weight excluding hydrogens is 438 g/mol. The first kappa shape index (κ1) is 17.4. The average Bonchev–Trinajstić information content (AvgIpc) is 2.57. The number of anilines is 1. The zero-order chi connectivity index (χ0) is 17.3. The fraction of sp³-hybridized carbons (Fsp3) is 0.333. The predicted octanol–water partition coefficient (Wildman–Crippen LogP) is 4.42. The number of aliphatic carboxylic acids is 1. The molecule has 0 radical (unpaired) electrons. The summed E-state index contributed by atoms with van der Waals surface area (Å²) in [5, 5.41) is 14.4. The van der Waals surface area contributed by atoms with E-state index in [0.717, 1.165) is 10.8 Å². The van der Waals surface area contributed by atoms with Gasteiger partial charge in [0.25, 0.3) is 0 Å². The van der Waals surface area contributed by atoms with E-state index in [1.54, 1.807) is 0 Å². The first-order valence-corrected chi connectivity index (χ1v) is 9.60. The molecule has 2 aromatic carbocycles. The Kier molecular flexibility index (Phi) is 5.25. The van der Waals surface area contributed by atoms with Crippen molar-refractivity contribution in [1.29, 1.82) is 0 Å². The minimum absolute atomic E-state index is 0.0557. The van der Waals surface area contributed by atoms with Crippen LogP contribution in [0, 0.1) is 11.8 Å².